The van der Waals surface area contributed by atoms with Gasteiger partial charge in [-0.25, -0.2) is 13.1 Å². The van der Waals surface area contributed by atoms with Gasteiger partial charge in [0.1, 0.15) is 11.9 Å². The van der Waals surface area contributed by atoms with E-state index in [0.29, 0.717) is 6.07 Å². The second-order valence-electron chi connectivity index (χ2n) is 5.62. The molecule has 0 radical (unpaired) electrons. The SMILES string of the molecule is O=C(CCNS(=O)(=O)c1ccc(Cl)c(C(F)(F)F)c1)NCC(O)c1ccco1. The molecule has 28 heavy (non-hydrogen) atoms. The summed E-state index contributed by atoms with van der Waals surface area (Å²) in [5.41, 5.74) is -1.28. The molecule has 2 rings (SSSR count). The van der Waals surface area contributed by atoms with Gasteiger partial charge in [0.15, 0.2) is 0 Å². The largest absolute Gasteiger partial charge is 0.467 e. The first kappa shape index (κ1) is 22.2. The first-order chi connectivity index (χ1) is 13.0. The molecule has 0 aliphatic carbocycles. The number of carbonyl (C=O) groups excluding carboxylic acids is 1. The van der Waals surface area contributed by atoms with E-state index in [-0.39, 0.29) is 25.3 Å². The Labute approximate surface area is 163 Å². The highest BCUT2D eigenvalue weighted by atomic mass is 35.5. The summed E-state index contributed by atoms with van der Waals surface area (Å²) in [6, 6.07) is 5.27. The number of rotatable bonds is 8. The van der Waals surface area contributed by atoms with Gasteiger partial charge >= 0.3 is 6.18 Å². The number of aliphatic hydroxyl groups is 1. The number of amides is 1. The van der Waals surface area contributed by atoms with Crippen LogP contribution < -0.4 is 10.0 Å². The van der Waals surface area contributed by atoms with Gasteiger partial charge in [-0.1, -0.05) is 11.6 Å². The second kappa shape index (κ2) is 8.95. The summed E-state index contributed by atoms with van der Waals surface area (Å²) in [6.45, 7) is -0.500. The van der Waals surface area contributed by atoms with Gasteiger partial charge in [0.05, 0.1) is 28.3 Å². The third-order valence-corrected chi connectivity index (χ3v) is 5.35. The summed E-state index contributed by atoms with van der Waals surface area (Å²) >= 11 is 5.46. The Bertz CT molecular complexity index is 917. The van der Waals surface area contributed by atoms with Gasteiger partial charge in [0.2, 0.25) is 15.9 Å². The lowest BCUT2D eigenvalue weighted by molar-refractivity contribution is -0.137. The molecule has 1 aromatic carbocycles. The van der Waals surface area contributed by atoms with Gasteiger partial charge in [-0.15, -0.1) is 0 Å². The highest BCUT2D eigenvalue weighted by Crippen LogP contribution is 2.35. The Morgan fingerprint density at radius 2 is 2.00 bits per heavy atom. The maximum absolute atomic E-state index is 12.8. The van der Waals surface area contributed by atoms with E-state index in [4.69, 9.17) is 16.0 Å². The van der Waals surface area contributed by atoms with Crippen molar-refractivity contribution in [3.8, 4) is 0 Å². The van der Waals surface area contributed by atoms with Gasteiger partial charge in [-0.3, -0.25) is 4.79 Å². The first-order valence-corrected chi connectivity index (χ1v) is 9.71. The molecule has 1 heterocycles. The number of hydrogen-bond acceptors (Lipinski definition) is 5. The van der Waals surface area contributed by atoms with Gasteiger partial charge < -0.3 is 14.8 Å². The highest BCUT2D eigenvalue weighted by molar-refractivity contribution is 7.89. The number of furan rings is 1. The average molecular weight is 441 g/mol. The molecule has 0 aliphatic rings. The molecule has 1 aromatic heterocycles. The lowest BCUT2D eigenvalue weighted by Crippen LogP contribution is -2.32. The molecule has 0 saturated heterocycles. The highest BCUT2D eigenvalue weighted by Gasteiger charge is 2.34. The zero-order valence-electron chi connectivity index (χ0n) is 14.2. The second-order valence-corrected chi connectivity index (χ2v) is 7.80. The van der Waals surface area contributed by atoms with E-state index in [1.165, 1.54) is 12.3 Å². The van der Waals surface area contributed by atoms with Crippen LogP contribution in [0.2, 0.25) is 5.02 Å². The molecular weight excluding hydrogens is 425 g/mol. The average Bonchev–Trinajstić information content (AvgIpc) is 3.13. The van der Waals surface area contributed by atoms with Crippen LogP contribution in [0, 0.1) is 0 Å². The van der Waals surface area contributed by atoms with E-state index in [0.717, 1.165) is 12.1 Å². The van der Waals surface area contributed by atoms with E-state index in [9.17, 15) is 31.5 Å². The Balaban J connectivity index is 1.89. The number of carbonyl (C=O) groups is 1. The van der Waals surface area contributed by atoms with Gasteiger partial charge in [-0.05, 0) is 30.3 Å². The molecule has 1 atom stereocenters. The van der Waals surface area contributed by atoms with E-state index in [2.05, 4.69) is 5.32 Å². The van der Waals surface area contributed by atoms with Crippen molar-refractivity contribution in [1.29, 1.82) is 0 Å². The minimum absolute atomic E-state index is 0.148. The van der Waals surface area contributed by atoms with Gasteiger partial charge in [0.25, 0.3) is 0 Å². The normalized spacial score (nSPS) is 13.3. The Morgan fingerprint density at radius 3 is 2.61 bits per heavy atom. The maximum Gasteiger partial charge on any atom is 0.417 e. The van der Waals surface area contributed by atoms with Crippen molar-refractivity contribution in [1.82, 2.24) is 10.0 Å². The van der Waals surface area contributed by atoms with E-state index in [1.807, 2.05) is 4.72 Å². The number of alkyl halides is 3. The zero-order chi connectivity index (χ0) is 20.9. The quantitative estimate of drug-likeness (QED) is 0.584. The van der Waals surface area contributed by atoms with Crippen molar-refractivity contribution in [2.75, 3.05) is 13.1 Å². The van der Waals surface area contributed by atoms with Crippen LogP contribution in [0.25, 0.3) is 0 Å². The molecule has 3 N–H and O–H groups in total. The van der Waals surface area contributed by atoms with Crippen LogP contribution in [0.5, 0.6) is 0 Å². The molecule has 0 fully saturated rings. The Morgan fingerprint density at radius 1 is 1.29 bits per heavy atom. The molecular formula is C16H16ClF3N2O5S. The number of sulfonamides is 1. The maximum atomic E-state index is 12.8. The van der Waals surface area contributed by atoms with Gasteiger partial charge in [-0.2, -0.15) is 13.2 Å². The van der Waals surface area contributed by atoms with Crippen LogP contribution in [0.3, 0.4) is 0 Å². The Kier molecular flexibility index (Phi) is 7.10. The summed E-state index contributed by atoms with van der Waals surface area (Å²) in [7, 11) is -4.28. The number of benzene rings is 1. The lowest BCUT2D eigenvalue weighted by Gasteiger charge is -2.12. The minimum atomic E-state index is -4.81. The van der Waals surface area contributed by atoms with Gasteiger partial charge in [0, 0.05) is 13.0 Å². The van der Waals surface area contributed by atoms with Crippen LogP contribution in [0.4, 0.5) is 13.2 Å². The lowest BCUT2D eigenvalue weighted by atomic mass is 10.2. The van der Waals surface area contributed by atoms with Crippen molar-refractivity contribution in [2.24, 2.45) is 0 Å². The molecule has 2 aromatic rings. The van der Waals surface area contributed by atoms with Crippen molar-refractivity contribution in [3.05, 3.63) is 52.9 Å². The number of nitrogens with one attached hydrogen (secondary N) is 2. The van der Waals surface area contributed by atoms with Crippen LogP contribution in [0.1, 0.15) is 23.8 Å². The number of aliphatic hydroxyl groups excluding tert-OH is 1. The van der Waals surface area contributed by atoms with Crippen molar-refractivity contribution in [2.45, 2.75) is 23.6 Å². The minimum Gasteiger partial charge on any atom is -0.467 e. The molecule has 1 amide bonds. The fourth-order valence-electron chi connectivity index (χ4n) is 2.15. The zero-order valence-corrected chi connectivity index (χ0v) is 15.7. The predicted octanol–water partition coefficient (Wildman–Crippen LogP) is 2.47. The molecule has 1 unspecified atom stereocenters. The van der Waals surface area contributed by atoms with Crippen molar-refractivity contribution >= 4 is 27.5 Å². The third-order valence-electron chi connectivity index (χ3n) is 3.56. The van der Waals surface area contributed by atoms with Crippen LogP contribution in [-0.4, -0.2) is 32.5 Å². The summed E-state index contributed by atoms with van der Waals surface area (Å²) in [5, 5.41) is 11.5. The van der Waals surface area contributed by atoms with Crippen molar-refractivity contribution < 1.29 is 35.9 Å². The fourth-order valence-corrected chi connectivity index (χ4v) is 3.43. The van der Waals surface area contributed by atoms with E-state index < -0.39 is 43.7 Å². The monoisotopic (exact) mass is 440 g/mol. The predicted molar refractivity (Wildman–Crippen MR) is 92.9 cm³/mol. The summed E-state index contributed by atoms with van der Waals surface area (Å²) in [6.07, 6.45) is -4.80. The van der Waals surface area contributed by atoms with Crippen LogP contribution >= 0.6 is 11.6 Å². The molecule has 0 saturated carbocycles. The molecule has 0 spiro atoms. The number of halogens is 4. The molecule has 154 valence electrons. The number of hydrogen-bond donors (Lipinski definition) is 3. The van der Waals surface area contributed by atoms with Crippen LogP contribution in [0.15, 0.2) is 45.9 Å². The van der Waals surface area contributed by atoms with Crippen LogP contribution in [-0.2, 0) is 21.0 Å². The summed E-state index contributed by atoms with van der Waals surface area (Å²) < 4.78 is 69.8. The smallest absolute Gasteiger partial charge is 0.417 e. The third kappa shape index (κ3) is 5.96. The topological polar surface area (TPSA) is 109 Å². The Hall–Kier alpha value is -2.08. The molecule has 0 bridgehead atoms. The van der Waals surface area contributed by atoms with Crippen molar-refractivity contribution in [3.63, 3.8) is 0 Å². The molecule has 0 aliphatic heterocycles. The molecule has 12 heteroatoms. The molecule has 7 nitrogen and oxygen atoms in total. The van der Waals surface area contributed by atoms with E-state index >= 15 is 0 Å². The standard InChI is InChI=1S/C16H16ClF3N2O5S/c17-12-4-3-10(8-11(12)16(18,19)20)28(25,26)22-6-5-15(24)21-9-13(23)14-2-1-7-27-14/h1-4,7-8,13,22-23H,5-6,9H2,(H,21,24). The summed E-state index contributed by atoms with van der Waals surface area (Å²) in [4.78, 5) is 11.1. The van der Waals surface area contributed by atoms with E-state index in [1.54, 1.807) is 6.07 Å². The first-order valence-electron chi connectivity index (χ1n) is 7.85. The fraction of sp³-hybridized carbons (Fsp3) is 0.312. The summed E-state index contributed by atoms with van der Waals surface area (Å²) in [5.74, 6) is -0.315.